The third-order valence-corrected chi connectivity index (χ3v) is 5.06. The first-order chi connectivity index (χ1) is 13.6. The molecule has 1 saturated carbocycles. The molecular formula is C22H23FN2O3. The highest BCUT2D eigenvalue weighted by molar-refractivity contribution is 6.01. The van der Waals surface area contributed by atoms with E-state index in [9.17, 15) is 9.18 Å². The molecule has 6 heteroatoms. The van der Waals surface area contributed by atoms with Crippen LogP contribution in [0.3, 0.4) is 0 Å². The van der Waals surface area contributed by atoms with Gasteiger partial charge in [-0.05, 0) is 42.7 Å². The zero-order valence-electron chi connectivity index (χ0n) is 15.8. The van der Waals surface area contributed by atoms with Crippen LogP contribution in [-0.2, 0) is 16.2 Å². The van der Waals surface area contributed by atoms with E-state index in [0.29, 0.717) is 25.2 Å². The molecule has 2 aromatic rings. The summed E-state index contributed by atoms with van der Waals surface area (Å²) >= 11 is 0. The van der Waals surface area contributed by atoms with Gasteiger partial charge in [-0.25, -0.2) is 4.39 Å². The van der Waals surface area contributed by atoms with Gasteiger partial charge in [-0.3, -0.25) is 4.79 Å². The molecule has 2 aliphatic rings. The van der Waals surface area contributed by atoms with Crippen molar-refractivity contribution in [3.05, 3.63) is 65.5 Å². The van der Waals surface area contributed by atoms with Crippen molar-refractivity contribution in [1.82, 2.24) is 4.90 Å². The van der Waals surface area contributed by atoms with Crippen LogP contribution < -0.4 is 4.74 Å². The summed E-state index contributed by atoms with van der Waals surface area (Å²) in [5.41, 5.74) is 2.44. The van der Waals surface area contributed by atoms with Gasteiger partial charge in [0.1, 0.15) is 11.6 Å². The second kappa shape index (κ2) is 8.00. The van der Waals surface area contributed by atoms with Crippen LogP contribution in [0.4, 0.5) is 4.39 Å². The molecule has 4 rings (SSSR count). The average molecular weight is 382 g/mol. The van der Waals surface area contributed by atoms with Gasteiger partial charge in [0.05, 0.1) is 19.4 Å². The number of oxime groups is 1. The highest BCUT2D eigenvalue weighted by Gasteiger charge is 2.35. The Morgan fingerprint density at radius 1 is 1.25 bits per heavy atom. The van der Waals surface area contributed by atoms with Crippen molar-refractivity contribution in [2.24, 2.45) is 11.1 Å². The quantitative estimate of drug-likeness (QED) is 0.733. The first-order valence-corrected chi connectivity index (χ1v) is 9.52. The number of rotatable bonds is 7. The number of carbonyl (C=O) groups is 1. The molecule has 1 fully saturated rings. The molecule has 0 spiro atoms. The SMILES string of the molecule is COc1cccc(CN(C[C@@H]2CC(c3cccc(F)c3)=NO2)C(=O)C2CC2)c1. The molecule has 146 valence electrons. The van der Waals surface area contributed by atoms with Gasteiger partial charge in [-0.15, -0.1) is 0 Å². The number of nitrogens with zero attached hydrogens (tertiary/aromatic N) is 2. The number of halogens is 1. The normalized spacial score (nSPS) is 18.4. The van der Waals surface area contributed by atoms with Gasteiger partial charge >= 0.3 is 0 Å². The summed E-state index contributed by atoms with van der Waals surface area (Å²) in [6.07, 6.45) is 2.22. The Kier molecular flexibility index (Phi) is 5.28. The van der Waals surface area contributed by atoms with Crippen molar-refractivity contribution in [1.29, 1.82) is 0 Å². The largest absolute Gasteiger partial charge is 0.497 e. The molecule has 5 nitrogen and oxygen atoms in total. The van der Waals surface area contributed by atoms with E-state index >= 15 is 0 Å². The van der Waals surface area contributed by atoms with Gasteiger partial charge in [0.2, 0.25) is 5.91 Å². The van der Waals surface area contributed by atoms with E-state index in [1.54, 1.807) is 13.2 Å². The molecular weight excluding hydrogens is 359 g/mol. The van der Waals surface area contributed by atoms with Crippen molar-refractivity contribution < 1.29 is 18.8 Å². The van der Waals surface area contributed by atoms with Gasteiger partial charge in [0, 0.05) is 24.4 Å². The average Bonchev–Trinajstić information content (AvgIpc) is 3.46. The minimum Gasteiger partial charge on any atom is -0.497 e. The lowest BCUT2D eigenvalue weighted by molar-refractivity contribution is -0.135. The first kappa shape index (κ1) is 18.5. The molecule has 2 aromatic carbocycles. The summed E-state index contributed by atoms with van der Waals surface area (Å²) in [6.45, 7) is 0.955. The van der Waals surface area contributed by atoms with E-state index in [0.717, 1.165) is 29.7 Å². The Labute approximate surface area is 163 Å². The minimum absolute atomic E-state index is 0.121. The van der Waals surface area contributed by atoms with E-state index in [-0.39, 0.29) is 23.7 Å². The Morgan fingerprint density at radius 2 is 2.07 bits per heavy atom. The van der Waals surface area contributed by atoms with Gasteiger partial charge in [0.15, 0.2) is 6.10 Å². The van der Waals surface area contributed by atoms with Crippen LogP contribution in [0.25, 0.3) is 0 Å². The number of carbonyl (C=O) groups excluding carboxylic acids is 1. The summed E-state index contributed by atoms with van der Waals surface area (Å²) in [5.74, 6) is 0.749. The van der Waals surface area contributed by atoms with Gasteiger partial charge < -0.3 is 14.5 Å². The second-order valence-electron chi connectivity index (χ2n) is 7.32. The van der Waals surface area contributed by atoms with Gasteiger partial charge in [-0.2, -0.15) is 0 Å². The highest BCUT2D eigenvalue weighted by Crippen LogP contribution is 2.32. The van der Waals surface area contributed by atoms with Crippen LogP contribution in [0.15, 0.2) is 53.7 Å². The van der Waals surface area contributed by atoms with E-state index in [4.69, 9.17) is 9.57 Å². The molecule has 0 N–H and O–H groups in total. The van der Waals surface area contributed by atoms with Gasteiger partial charge in [0.25, 0.3) is 0 Å². The second-order valence-corrected chi connectivity index (χ2v) is 7.32. The maximum Gasteiger partial charge on any atom is 0.226 e. The zero-order chi connectivity index (χ0) is 19.5. The van der Waals surface area contributed by atoms with Crippen molar-refractivity contribution in [2.75, 3.05) is 13.7 Å². The topological polar surface area (TPSA) is 51.1 Å². The zero-order valence-corrected chi connectivity index (χ0v) is 15.8. The lowest BCUT2D eigenvalue weighted by atomic mass is 10.0. The molecule has 1 heterocycles. The summed E-state index contributed by atoms with van der Waals surface area (Å²) in [7, 11) is 1.63. The number of ether oxygens (including phenoxy) is 1. The molecule has 1 aliphatic carbocycles. The molecule has 0 bridgehead atoms. The van der Waals surface area contributed by atoms with E-state index in [1.807, 2.05) is 35.2 Å². The van der Waals surface area contributed by atoms with Crippen molar-refractivity contribution in [3.8, 4) is 5.75 Å². The lowest BCUT2D eigenvalue weighted by Crippen LogP contribution is -2.38. The van der Waals surface area contributed by atoms with Crippen LogP contribution in [-0.4, -0.2) is 36.3 Å². The summed E-state index contributed by atoms with van der Waals surface area (Å²) in [5, 5.41) is 4.13. The first-order valence-electron chi connectivity index (χ1n) is 9.52. The molecule has 0 aromatic heterocycles. The maximum absolute atomic E-state index is 13.5. The van der Waals surface area contributed by atoms with Crippen LogP contribution in [0.2, 0.25) is 0 Å². The third kappa shape index (κ3) is 4.32. The Hall–Kier alpha value is -2.89. The van der Waals surface area contributed by atoms with Crippen molar-refractivity contribution in [2.45, 2.75) is 31.9 Å². The monoisotopic (exact) mass is 382 g/mol. The van der Waals surface area contributed by atoms with Crippen LogP contribution >= 0.6 is 0 Å². The van der Waals surface area contributed by atoms with Gasteiger partial charge in [-0.1, -0.05) is 29.4 Å². The Bertz CT molecular complexity index is 895. The number of amides is 1. The third-order valence-electron chi connectivity index (χ3n) is 5.06. The number of hydrogen-bond acceptors (Lipinski definition) is 4. The molecule has 0 radical (unpaired) electrons. The summed E-state index contributed by atoms with van der Waals surface area (Å²) in [6, 6.07) is 14.1. The number of methoxy groups -OCH3 is 1. The van der Waals surface area contributed by atoms with E-state index in [1.165, 1.54) is 12.1 Å². The molecule has 28 heavy (non-hydrogen) atoms. The van der Waals surface area contributed by atoms with Crippen molar-refractivity contribution >= 4 is 11.6 Å². The standard InChI is InChI=1S/C22H23FN2O3/c1-27-19-7-2-4-15(10-19)13-25(22(26)16-8-9-16)14-20-12-21(24-28-20)17-5-3-6-18(23)11-17/h2-7,10-11,16,20H,8-9,12-14H2,1H3/t20-/m0/s1. The predicted octanol–water partition coefficient (Wildman–Crippen LogP) is 3.77. The van der Waals surface area contributed by atoms with Crippen LogP contribution in [0.1, 0.15) is 30.4 Å². The van der Waals surface area contributed by atoms with E-state index < -0.39 is 0 Å². The molecule has 1 atom stereocenters. The highest BCUT2D eigenvalue weighted by atomic mass is 19.1. The number of benzene rings is 2. The predicted molar refractivity (Wildman–Crippen MR) is 104 cm³/mol. The van der Waals surface area contributed by atoms with Crippen molar-refractivity contribution in [3.63, 3.8) is 0 Å². The smallest absolute Gasteiger partial charge is 0.226 e. The Balaban J connectivity index is 1.44. The fraction of sp³-hybridized carbons (Fsp3) is 0.364. The fourth-order valence-electron chi connectivity index (χ4n) is 3.42. The summed E-state index contributed by atoms with van der Waals surface area (Å²) < 4.78 is 18.8. The number of hydrogen-bond donors (Lipinski definition) is 0. The fourth-order valence-corrected chi connectivity index (χ4v) is 3.42. The minimum atomic E-state index is -0.299. The molecule has 0 saturated heterocycles. The Morgan fingerprint density at radius 3 is 2.82 bits per heavy atom. The summed E-state index contributed by atoms with van der Waals surface area (Å²) in [4.78, 5) is 20.2. The molecule has 1 aliphatic heterocycles. The molecule has 1 amide bonds. The van der Waals surface area contributed by atoms with E-state index in [2.05, 4.69) is 5.16 Å². The maximum atomic E-state index is 13.5. The van der Waals surface area contributed by atoms with Crippen LogP contribution in [0, 0.1) is 11.7 Å². The lowest BCUT2D eigenvalue weighted by Gasteiger charge is -2.25. The molecule has 0 unspecified atom stereocenters. The van der Waals surface area contributed by atoms with Crippen LogP contribution in [0.5, 0.6) is 5.75 Å².